The molecule has 0 saturated carbocycles. The Balaban J connectivity index is 2.02. The minimum Gasteiger partial charge on any atom is -0.326 e. The van der Waals surface area contributed by atoms with Crippen LogP contribution in [0, 0.1) is 10.1 Å². The van der Waals surface area contributed by atoms with Gasteiger partial charge in [0.05, 0.1) is 4.92 Å². The molecule has 1 heterocycles. The quantitative estimate of drug-likeness (QED) is 0.625. The first-order valence-corrected chi connectivity index (χ1v) is 6.12. The van der Waals surface area contributed by atoms with Crippen molar-refractivity contribution in [3.05, 3.63) is 34.4 Å². The van der Waals surface area contributed by atoms with Gasteiger partial charge in [-0.05, 0) is 18.9 Å². The van der Waals surface area contributed by atoms with Crippen LogP contribution in [0.4, 0.5) is 16.2 Å². The third-order valence-electron chi connectivity index (χ3n) is 3.05. The summed E-state index contributed by atoms with van der Waals surface area (Å²) in [6, 6.07) is 5.61. The number of nitrogens with two attached hydrogens (primary N) is 1. The van der Waals surface area contributed by atoms with E-state index in [2.05, 4.69) is 5.32 Å². The van der Waals surface area contributed by atoms with Gasteiger partial charge in [0.2, 0.25) is 0 Å². The summed E-state index contributed by atoms with van der Waals surface area (Å²) in [7, 11) is 0. The number of anilines is 1. The number of carbonyl (C=O) groups excluding carboxylic acids is 1. The second-order valence-corrected chi connectivity index (χ2v) is 4.59. The van der Waals surface area contributed by atoms with E-state index < -0.39 is 4.92 Å². The average molecular weight is 264 g/mol. The molecule has 0 radical (unpaired) electrons. The molecule has 3 N–H and O–H groups in total. The van der Waals surface area contributed by atoms with Crippen molar-refractivity contribution in [1.82, 2.24) is 4.90 Å². The molecule has 1 aliphatic heterocycles. The highest BCUT2D eigenvalue weighted by Crippen LogP contribution is 2.18. The van der Waals surface area contributed by atoms with Crippen molar-refractivity contribution in [3.8, 4) is 0 Å². The lowest BCUT2D eigenvalue weighted by molar-refractivity contribution is -0.384. The van der Waals surface area contributed by atoms with Crippen LogP contribution in [0.3, 0.4) is 0 Å². The Hall–Kier alpha value is -2.15. The molecule has 1 atom stereocenters. The van der Waals surface area contributed by atoms with Crippen LogP contribution >= 0.6 is 0 Å². The van der Waals surface area contributed by atoms with E-state index in [9.17, 15) is 14.9 Å². The van der Waals surface area contributed by atoms with Gasteiger partial charge in [0.1, 0.15) is 0 Å². The van der Waals surface area contributed by atoms with E-state index in [1.807, 2.05) is 0 Å². The van der Waals surface area contributed by atoms with Gasteiger partial charge in [0, 0.05) is 37.0 Å². The number of rotatable bonds is 2. The minimum atomic E-state index is -0.494. The average Bonchev–Trinajstić information content (AvgIpc) is 2.39. The highest BCUT2D eigenvalue weighted by molar-refractivity contribution is 5.89. The Bertz CT molecular complexity index is 492. The van der Waals surface area contributed by atoms with Gasteiger partial charge in [-0.2, -0.15) is 0 Å². The SMILES string of the molecule is N[C@@H]1CCCN(C(=O)Nc2cccc([N+](=O)[O-])c2)C1. The molecule has 0 aromatic heterocycles. The molecule has 0 aliphatic carbocycles. The molecule has 0 bridgehead atoms. The number of piperidine rings is 1. The highest BCUT2D eigenvalue weighted by atomic mass is 16.6. The Morgan fingerprint density at radius 2 is 2.32 bits per heavy atom. The first kappa shape index (κ1) is 13.3. The zero-order chi connectivity index (χ0) is 13.8. The molecule has 2 rings (SSSR count). The summed E-state index contributed by atoms with van der Waals surface area (Å²) < 4.78 is 0. The van der Waals surface area contributed by atoms with Gasteiger partial charge in [0.25, 0.3) is 5.69 Å². The maximum atomic E-state index is 12.0. The number of nitro groups is 1. The van der Waals surface area contributed by atoms with Crippen LogP contribution in [0.25, 0.3) is 0 Å². The monoisotopic (exact) mass is 264 g/mol. The molecule has 7 nitrogen and oxygen atoms in total. The van der Waals surface area contributed by atoms with E-state index in [0.717, 1.165) is 12.8 Å². The second-order valence-electron chi connectivity index (χ2n) is 4.59. The zero-order valence-corrected chi connectivity index (χ0v) is 10.4. The van der Waals surface area contributed by atoms with Crippen LogP contribution in [-0.4, -0.2) is 35.0 Å². The number of amides is 2. The van der Waals surface area contributed by atoms with E-state index in [0.29, 0.717) is 18.8 Å². The summed E-state index contributed by atoms with van der Waals surface area (Å²) in [6.07, 6.45) is 1.80. The number of benzene rings is 1. The number of nitro benzene ring substituents is 1. The number of hydrogen-bond donors (Lipinski definition) is 2. The standard InChI is InChI=1S/C12H16N4O3/c13-9-3-2-6-15(8-9)12(17)14-10-4-1-5-11(7-10)16(18)19/h1,4-5,7,9H,2-3,6,8,13H2,(H,14,17)/t9-/m1/s1. The maximum absolute atomic E-state index is 12.0. The minimum absolute atomic E-state index is 0.00427. The summed E-state index contributed by atoms with van der Waals surface area (Å²) in [5.41, 5.74) is 6.18. The molecule has 1 aromatic rings. The van der Waals surface area contributed by atoms with Crippen LogP contribution in [0.1, 0.15) is 12.8 Å². The van der Waals surface area contributed by atoms with Crippen molar-refractivity contribution in [2.75, 3.05) is 18.4 Å². The van der Waals surface area contributed by atoms with E-state index in [4.69, 9.17) is 5.73 Å². The molecule has 1 aromatic carbocycles. The molecule has 1 saturated heterocycles. The topological polar surface area (TPSA) is 102 Å². The van der Waals surface area contributed by atoms with Crippen molar-refractivity contribution >= 4 is 17.4 Å². The molecule has 1 aliphatic rings. The Morgan fingerprint density at radius 1 is 1.53 bits per heavy atom. The van der Waals surface area contributed by atoms with Crippen molar-refractivity contribution in [2.24, 2.45) is 5.73 Å². The van der Waals surface area contributed by atoms with Gasteiger partial charge in [-0.3, -0.25) is 10.1 Å². The van der Waals surface area contributed by atoms with Crippen LogP contribution in [0.5, 0.6) is 0 Å². The summed E-state index contributed by atoms with van der Waals surface area (Å²) in [5.74, 6) is 0. The summed E-state index contributed by atoms with van der Waals surface area (Å²) in [4.78, 5) is 23.8. The second kappa shape index (κ2) is 5.66. The van der Waals surface area contributed by atoms with Crippen molar-refractivity contribution in [1.29, 1.82) is 0 Å². The molecule has 1 fully saturated rings. The Labute approximate surface area is 110 Å². The van der Waals surface area contributed by atoms with Gasteiger partial charge in [-0.25, -0.2) is 4.79 Å². The van der Waals surface area contributed by atoms with Gasteiger partial charge >= 0.3 is 6.03 Å². The molecule has 0 unspecified atom stereocenters. The van der Waals surface area contributed by atoms with E-state index in [1.54, 1.807) is 11.0 Å². The molecule has 102 valence electrons. The first-order chi connectivity index (χ1) is 9.06. The number of urea groups is 1. The number of nitrogens with zero attached hydrogens (tertiary/aromatic N) is 2. The summed E-state index contributed by atoms with van der Waals surface area (Å²) in [6.45, 7) is 1.18. The Morgan fingerprint density at radius 3 is 3.00 bits per heavy atom. The van der Waals surface area contributed by atoms with E-state index in [-0.39, 0.29) is 17.8 Å². The lowest BCUT2D eigenvalue weighted by atomic mass is 10.1. The highest BCUT2D eigenvalue weighted by Gasteiger charge is 2.21. The molecule has 19 heavy (non-hydrogen) atoms. The van der Waals surface area contributed by atoms with Crippen molar-refractivity contribution in [2.45, 2.75) is 18.9 Å². The molecule has 0 spiro atoms. The predicted molar refractivity (Wildman–Crippen MR) is 70.9 cm³/mol. The first-order valence-electron chi connectivity index (χ1n) is 6.12. The summed E-state index contributed by atoms with van der Waals surface area (Å²) >= 11 is 0. The van der Waals surface area contributed by atoms with E-state index >= 15 is 0 Å². The number of carbonyl (C=O) groups is 1. The van der Waals surface area contributed by atoms with Crippen LogP contribution in [0.2, 0.25) is 0 Å². The summed E-state index contributed by atoms with van der Waals surface area (Å²) in [5, 5.41) is 13.3. The Kier molecular flexibility index (Phi) is 3.96. The van der Waals surface area contributed by atoms with Crippen LogP contribution in [-0.2, 0) is 0 Å². The number of non-ortho nitro benzene ring substituents is 1. The lowest BCUT2D eigenvalue weighted by Crippen LogP contribution is -2.47. The fourth-order valence-corrected chi connectivity index (χ4v) is 2.09. The number of hydrogen-bond acceptors (Lipinski definition) is 4. The van der Waals surface area contributed by atoms with Gasteiger partial charge in [0.15, 0.2) is 0 Å². The fraction of sp³-hybridized carbons (Fsp3) is 0.417. The number of nitrogens with one attached hydrogen (secondary N) is 1. The van der Waals surface area contributed by atoms with Crippen molar-refractivity contribution < 1.29 is 9.72 Å². The van der Waals surface area contributed by atoms with Crippen LogP contribution in [0.15, 0.2) is 24.3 Å². The zero-order valence-electron chi connectivity index (χ0n) is 10.4. The molecular formula is C12H16N4O3. The molecule has 7 heteroatoms. The maximum Gasteiger partial charge on any atom is 0.321 e. The van der Waals surface area contributed by atoms with Crippen LogP contribution < -0.4 is 11.1 Å². The molecule has 2 amide bonds. The fourth-order valence-electron chi connectivity index (χ4n) is 2.09. The van der Waals surface area contributed by atoms with Gasteiger partial charge < -0.3 is 16.0 Å². The van der Waals surface area contributed by atoms with Gasteiger partial charge in [-0.1, -0.05) is 6.07 Å². The lowest BCUT2D eigenvalue weighted by Gasteiger charge is -2.30. The predicted octanol–water partition coefficient (Wildman–Crippen LogP) is 1.55. The van der Waals surface area contributed by atoms with Crippen molar-refractivity contribution in [3.63, 3.8) is 0 Å². The number of likely N-dealkylation sites (tertiary alicyclic amines) is 1. The largest absolute Gasteiger partial charge is 0.326 e. The molecular weight excluding hydrogens is 248 g/mol. The third kappa shape index (κ3) is 3.41. The van der Waals surface area contributed by atoms with E-state index in [1.165, 1.54) is 18.2 Å². The normalized spacial score (nSPS) is 19.0. The van der Waals surface area contributed by atoms with Gasteiger partial charge in [-0.15, -0.1) is 0 Å². The third-order valence-corrected chi connectivity index (χ3v) is 3.05. The smallest absolute Gasteiger partial charge is 0.321 e.